The number of hydrogen-bond acceptors (Lipinski definition) is 3. The molecule has 0 bridgehead atoms. The van der Waals surface area contributed by atoms with Crippen molar-refractivity contribution in [2.45, 2.75) is 27.2 Å². The Morgan fingerprint density at radius 2 is 1.79 bits per heavy atom. The first-order chi connectivity index (χ1) is 13.4. The van der Waals surface area contributed by atoms with Crippen molar-refractivity contribution in [1.82, 2.24) is 9.55 Å². The van der Waals surface area contributed by atoms with Crippen molar-refractivity contribution in [3.63, 3.8) is 0 Å². The van der Waals surface area contributed by atoms with Crippen molar-refractivity contribution in [3.8, 4) is 16.9 Å². The van der Waals surface area contributed by atoms with Gasteiger partial charge < -0.3 is 4.74 Å². The Morgan fingerprint density at radius 3 is 2.39 bits per heavy atom. The molecule has 2 aromatic carbocycles. The zero-order chi connectivity index (χ0) is 20.3. The Labute approximate surface area is 175 Å². The molecule has 0 spiro atoms. The lowest BCUT2D eigenvalue weighted by molar-refractivity contribution is 0.0521. The first-order valence-electron chi connectivity index (χ1n) is 9.21. The second-order valence-electron chi connectivity index (χ2n) is 6.87. The van der Waals surface area contributed by atoms with Crippen molar-refractivity contribution in [2.75, 3.05) is 6.61 Å². The molecule has 6 heteroatoms. The molecule has 0 saturated heterocycles. The number of imidazole rings is 1. The van der Waals surface area contributed by atoms with Crippen molar-refractivity contribution >= 4 is 29.2 Å². The van der Waals surface area contributed by atoms with Gasteiger partial charge in [0.05, 0.1) is 12.3 Å². The highest BCUT2D eigenvalue weighted by molar-refractivity contribution is 6.31. The Morgan fingerprint density at radius 1 is 1.11 bits per heavy atom. The van der Waals surface area contributed by atoms with Gasteiger partial charge in [0.2, 0.25) is 0 Å². The third-order valence-corrected chi connectivity index (χ3v) is 4.64. The maximum Gasteiger partial charge on any atom is 0.359 e. The summed E-state index contributed by atoms with van der Waals surface area (Å²) in [6.07, 6.45) is 0.694. The van der Waals surface area contributed by atoms with Crippen LogP contribution in [0.2, 0.25) is 10.0 Å². The molecule has 0 saturated carbocycles. The van der Waals surface area contributed by atoms with Gasteiger partial charge in [0, 0.05) is 27.7 Å². The molecule has 0 unspecified atom stereocenters. The van der Waals surface area contributed by atoms with Gasteiger partial charge in [0.25, 0.3) is 0 Å². The van der Waals surface area contributed by atoms with Crippen LogP contribution in [0.15, 0.2) is 48.5 Å². The summed E-state index contributed by atoms with van der Waals surface area (Å²) in [5, 5.41) is 1.19. The maximum absolute atomic E-state index is 12.7. The predicted molar refractivity (Wildman–Crippen MR) is 114 cm³/mol. The molecule has 0 atom stereocenters. The highest BCUT2D eigenvalue weighted by Crippen LogP contribution is 2.32. The molecule has 3 rings (SSSR count). The Kier molecular flexibility index (Phi) is 6.42. The van der Waals surface area contributed by atoms with E-state index < -0.39 is 5.97 Å². The molecule has 0 radical (unpaired) electrons. The number of hydrogen-bond donors (Lipinski definition) is 0. The number of nitrogens with zero attached hydrogens (tertiary/aromatic N) is 2. The van der Waals surface area contributed by atoms with Crippen molar-refractivity contribution in [1.29, 1.82) is 0 Å². The Balaban J connectivity index is 2.34. The first kappa shape index (κ1) is 20.4. The summed E-state index contributed by atoms with van der Waals surface area (Å²) < 4.78 is 7.26. The van der Waals surface area contributed by atoms with Crippen LogP contribution in [0, 0.1) is 5.92 Å². The minimum atomic E-state index is -0.455. The fourth-order valence-electron chi connectivity index (χ4n) is 3.11. The number of halogens is 2. The SMILES string of the molecule is CCOC(=O)c1nc(CC(C)C)n(-c2cccc(Cl)c2)c1-c1cccc(Cl)c1. The molecule has 28 heavy (non-hydrogen) atoms. The van der Waals surface area contributed by atoms with E-state index in [2.05, 4.69) is 18.8 Å². The van der Waals surface area contributed by atoms with Gasteiger partial charge in [-0.25, -0.2) is 9.78 Å². The fourth-order valence-corrected chi connectivity index (χ4v) is 3.48. The summed E-state index contributed by atoms with van der Waals surface area (Å²) in [5.74, 6) is 0.668. The van der Waals surface area contributed by atoms with Crippen LogP contribution in [0.5, 0.6) is 0 Å². The number of aromatic nitrogens is 2. The van der Waals surface area contributed by atoms with Gasteiger partial charge in [-0.1, -0.05) is 55.2 Å². The monoisotopic (exact) mass is 416 g/mol. The van der Waals surface area contributed by atoms with E-state index in [1.807, 2.05) is 47.0 Å². The average Bonchev–Trinajstić information content (AvgIpc) is 3.00. The zero-order valence-electron chi connectivity index (χ0n) is 16.1. The van der Waals surface area contributed by atoms with E-state index >= 15 is 0 Å². The summed E-state index contributed by atoms with van der Waals surface area (Å²) >= 11 is 12.5. The molecule has 0 N–H and O–H groups in total. The highest BCUT2D eigenvalue weighted by Gasteiger charge is 2.26. The molecule has 0 aliphatic heterocycles. The second kappa shape index (κ2) is 8.80. The molecule has 0 amide bonds. The van der Waals surface area contributed by atoms with Gasteiger partial charge >= 0.3 is 5.97 Å². The summed E-state index contributed by atoms with van der Waals surface area (Å²) in [6.45, 7) is 6.28. The van der Waals surface area contributed by atoms with Crippen LogP contribution < -0.4 is 0 Å². The second-order valence-corrected chi connectivity index (χ2v) is 7.74. The van der Waals surface area contributed by atoms with Crippen molar-refractivity contribution in [3.05, 3.63) is 70.1 Å². The molecule has 1 heterocycles. The molecule has 0 aliphatic carbocycles. The summed E-state index contributed by atoms with van der Waals surface area (Å²) in [4.78, 5) is 17.4. The Hall–Kier alpha value is -2.30. The van der Waals surface area contributed by atoms with E-state index in [0.717, 1.165) is 17.1 Å². The lowest BCUT2D eigenvalue weighted by atomic mass is 10.1. The lowest BCUT2D eigenvalue weighted by Crippen LogP contribution is -2.08. The van der Waals surface area contributed by atoms with Gasteiger partial charge in [-0.3, -0.25) is 4.57 Å². The van der Waals surface area contributed by atoms with Crippen LogP contribution in [0.25, 0.3) is 16.9 Å². The van der Waals surface area contributed by atoms with Crippen LogP contribution in [0.1, 0.15) is 37.1 Å². The smallest absolute Gasteiger partial charge is 0.359 e. The topological polar surface area (TPSA) is 44.1 Å². The summed E-state index contributed by atoms with van der Waals surface area (Å²) in [7, 11) is 0. The van der Waals surface area contributed by atoms with Crippen molar-refractivity contribution < 1.29 is 9.53 Å². The molecular formula is C22H22Cl2N2O2. The Bertz CT molecular complexity index is 996. The van der Waals surface area contributed by atoms with Crippen LogP contribution in [-0.2, 0) is 11.2 Å². The van der Waals surface area contributed by atoms with Crippen LogP contribution in [0.3, 0.4) is 0 Å². The number of ether oxygens (including phenoxy) is 1. The quantitative estimate of drug-likeness (QED) is 0.447. The van der Waals surface area contributed by atoms with Gasteiger partial charge in [-0.15, -0.1) is 0 Å². The molecule has 1 aromatic heterocycles. The first-order valence-corrected chi connectivity index (χ1v) is 9.97. The van der Waals surface area contributed by atoms with Gasteiger partial charge in [-0.2, -0.15) is 0 Å². The number of carbonyl (C=O) groups is 1. The average molecular weight is 417 g/mol. The molecule has 3 aromatic rings. The van der Waals surface area contributed by atoms with E-state index in [1.54, 1.807) is 13.0 Å². The van der Waals surface area contributed by atoms with E-state index in [4.69, 9.17) is 27.9 Å². The van der Waals surface area contributed by atoms with E-state index in [-0.39, 0.29) is 12.3 Å². The van der Waals surface area contributed by atoms with Gasteiger partial charge in [0.15, 0.2) is 5.69 Å². The number of benzene rings is 2. The molecule has 0 fully saturated rings. The number of esters is 1. The normalized spacial score (nSPS) is 11.1. The summed E-state index contributed by atoms with van der Waals surface area (Å²) in [5.41, 5.74) is 2.55. The van der Waals surface area contributed by atoms with E-state index in [0.29, 0.717) is 28.1 Å². The van der Waals surface area contributed by atoms with Crippen molar-refractivity contribution in [2.24, 2.45) is 5.92 Å². The van der Waals surface area contributed by atoms with E-state index in [9.17, 15) is 4.79 Å². The third-order valence-electron chi connectivity index (χ3n) is 4.17. The number of rotatable bonds is 6. The largest absolute Gasteiger partial charge is 0.461 e. The zero-order valence-corrected chi connectivity index (χ0v) is 17.6. The lowest BCUT2D eigenvalue weighted by Gasteiger charge is -2.14. The summed E-state index contributed by atoms with van der Waals surface area (Å²) in [6, 6.07) is 14.9. The molecular weight excluding hydrogens is 395 g/mol. The van der Waals surface area contributed by atoms with Gasteiger partial charge in [-0.05, 0) is 43.2 Å². The van der Waals surface area contributed by atoms with Crippen LogP contribution in [0.4, 0.5) is 0 Å². The third kappa shape index (κ3) is 4.40. The van der Waals surface area contributed by atoms with E-state index in [1.165, 1.54) is 0 Å². The van der Waals surface area contributed by atoms with Crippen LogP contribution >= 0.6 is 23.2 Å². The maximum atomic E-state index is 12.7. The molecule has 0 aliphatic rings. The minimum absolute atomic E-state index is 0.275. The minimum Gasteiger partial charge on any atom is -0.461 e. The highest BCUT2D eigenvalue weighted by atomic mass is 35.5. The van der Waals surface area contributed by atoms with Gasteiger partial charge in [0.1, 0.15) is 5.82 Å². The number of carbonyl (C=O) groups excluding carboxylic acids is 1. The molecule has 4 nitrogen and oxygen atoms in total. The molecule has 146 valence electrons. The standard InChI is InChI=1S/C22H22Cl2N2O2/c1-4-28-22(27)20-21(15-7-5-8-16(23)12-15)26(19(25-20)11-14(2)3)18-10-6-9-17(24)13-18/h5-10,12-14H,4,11H2,1-3H3. The van der Waals surface area contributed by atoms with Crippen LogP contribution in [-0.4, -0.2) is 22.1 Å². The predicted octanol–water partition coefficient (Wildman–Crippen LogP) is 6.22. The fraction of sp³-hybridized carbons (Fsp3) is 0.273.